The minimum atomic E-state index is -1.01. The van der Waals surface area contributed by atoms with Crippen LogP contribution in [0.3, 0.4) is 0 Å². The second-order valence-electron chi connectivity index (χ2n) is 6.23. The fourth-order valence-electron chi connectivity index (χ4n) is 3.23. The summed E-state index contributed by atoms with van der Waals surface area (Å²) in [5, 5.41) is 12.3. The van der Waals surface area contributed by atoms with Crippen LogP contribution in [0.4, 0.5) is 10.6 Å². The van der Waals surface area contributed by atoms with Gasteiger partial charge < -0.3 is 20.1 Å². The first-order valence-electron chi connectivity index (χ1n) is 8.38. The molecule has 2 N–H and O–H groups in total. The standard InChI is InChI=1S/C18H18N4O4/c23-17(24)12-2-1-3-14(8-12)26-15-4-5-16(20-10-15)22-11-13-9-19-6-7-21(13)18(22)25/h1-5,8,10,13,19H,6-7,9,11H2,(H,23,24)/t13-/m0/s1. The lowest BCUT2D eigenvalue weighted by Crippen LogP contribution is -2.49. The highest BCUT2D eigenvalue weighted by atomic mass is 16.5. The molecule has 2 aliphatic rings. The number of hydrogen-bond acceptors (Lipinski definition) is 5. The van der Waals surface area contributed by atoms with E-state index in [0.717, 1.165) is 13.1 Å². The topological polar surface area (TPSA) is 95.0 Å². The van der Waals surface area contributed by atoms with Crippen molar-refractivity contribution in [3.05, 3.63) is 48.2 Å². The van der Waals surface area contributed by atoms with Crippen molar-refractivity contribution in [3.8, 4) is 11.5 Å². The predicted octanol–water partition coefficient (Wildman–Crippen LogP) is 1.79. The zero-order valence-electron chi connectivity index (χ0n) is 14.0. The highest BCUT2D eigenvalue weighted by Crippen LogP contribution is 2.26. The van der Waals surface area contributed by atoms with Gasteiger partial charge in [0.25, 0.3) is 0 Å². The zero-order valence-corrected chi connectivity index (χ0v) is 14.0. The summed E-state index contributed by atoms with van der Waals surface area (Å²) in [5.74, 6) is 0.459. The number of pyridine rings is 1. The minimum absolute atomic E-state index is 0.0215. The molecule has 2 amide bonds. The number of carboxylic acids is 1. The normalized spacial score (nSPS) is 19.4. The van der Waals surface area contributed by atoms with Crippen LogP contribution >= 0.6 is 0 Å². The molecule has 1 aromatic heterocycles. The summed E-state index contributed by atoms with van der Waals surface area (Å²) in [7, 11) is 0. The van der Waals surface area contributed by atoms with Crippen LogP contribution in [0.5, 0.6) is 11.5 Å². The molecule has 2 aliphatic heterocycles. The Labute approximate surface area is 150 Å². The molecule has 4 rings (SSSR count). The van der Waals surface area contributed by atoms with Crippen LogP contribution in [-0.2, 0) is 0 Å². The molecular weight excluding hydrogens is 336 g/mol. The molecule has 134 valence electrons. The highest BCUT2D eigenvalue weighted by Gasteiger charge is 2.39. The smallest absolute Gasteiger partial charge is 0.335 e. The molecule has 0 bridgehead atoms. The first-order chi connectivity index (χ1) is 12.6. The monoisotopic (exact) mass is 354 g/mol. The number of urea groups is 1. The van der Waals surface area contributed by atoms with Crippen LogP contribution in [0.2, 0.25) is 0 Å². The lowest BCUT2D eigenvalue weighted by molar-refractivity contribution is 0.0696. The Morgan fingerprint density at radius 2 is 2.15 bits per heavy atom. The molecule has 0 saturated carbocycles. The van der Waals surface area contributed by atoms with Crippen LogP contribution in [0.25, 0.3) is 0 Å². The molecule has 2 fully saturated rings. The molecule has 0 spiro atoms. The third kappa shape index (κ3) is 3.06. The molecule has 3 heterocycles. The number of carbonyl (C=O) groups excluding carboxylic acids is 1. The first-order valence-corrected chi connectivity index (χ1v) is 8.38. The molecule has 0 radical (unpaired) electrons. The van der Waals surface area contributed by atoms with Crippen molar-refractivity contribution in [1.29, 1.82) is 0 Å². The SMILES string of the molecule is O=C(O)c1cccc(Oc2ccc(N3C[C@@H]4CNCCN4C3=O)nc2)c1. The summed E-state index contributed by atoms with van der Waals surface area (Å²) >= 11 is 0. The van der Waals surface area contributed by atoms with Gasteiger partial charge in [0.05, 0.1) is 24.3 Å². The molecule has 0 unspecified atom stereocenters. The van der Waals surface area contributed by atoms with Gasteiger partial charge in [-0.1, -0.05) is 6.07 Å². The van der Waals surface area contributed by atoms with Crippen molar-refractivity contribution in [2.24, 2.45) is 0 Å². The number of rotatable bonds is 4. The number of carbonyl (C=O) groups is 2. The number of anilines is 1. The fraction of sp³-hybridized carbons (Fsp3) is 0.278. The molecule has 26 heavy (non-hydrogen) atoms. The van der Waals surface area contributed by atoms with E-state index in [1.807, 2.05) is 4.90 Å². The maximum absolute atomic E-state index is 12.5. The first kappa shape index (κ1) is 16.3. The van der Waals surface area contributed by atoms with Crippen LogP contribution in [-0.4, -0.2) is 59.2 Å². The van der Waals surface area contributed by atoms with E-state index in [9.17, 15) is 9.59 Å². The van der Waals surface area contributed by atoms with Crippen LogP contribution < -0.4 is 15.0 Å². The second-order valence-corrected chi connectivity index (χ2v) is 6.23. The van der Waals surface area contributed by atoms with Gasteiger partial charge in [-0.15, -0.1) is 0 Å². The molecule has 1 aromatic carbocycles. The largest absolute Gasteiger partial charge is 0.478 e. The molecule has 1 atom stereocenters. The summed E-state index contributed by atoms with van der Waals surface area (Å²) < 4.78 is 5.66. The van der Waals surface area contributed by atoms with E-state index in [0.29, 0.717) is 30.4 Å². The van der Waals surface area contributed by atoms with Gasteiger partial charge in [0.1, 0.15) is 17.3 Å². The number of nitrogens with one attached hydrogen (secondary N) is 1. The van der Waals surface area contributed by atoms with E-state index >= 15 is 0 Å². The Hall–Kier alpha value is -3.13. The highest BCUT2D eigenvalue weighted by molar-refractivity contribution is 5.94. The van der Waals surface area contributed by atoms with Crippen molar-refractivity contribution in [3.63, 3.8) is 0 Å². The van der Waals surface area contributed by atoms with E-state index in [4.69, 9.17) is 9.84 Å². The van der Waals surface area contributed by atoms with Crippen LogP contribution in [0, 0.1) is 0 Å². The Kier molecular flexibility index (Phi) is 4.18. The summed E-state index contributed by atoms with van der Waals surface area (Å²) in [6.07, 6.45) is 1.53. The number of carboxylic acid groups (broad SMARTS) is 1. The second kappa shape index (κ2) is 6.64. The zero-order chi connectivity index (χ0) is 18.1. The maximum Gasteiger partial charge on any atom is 0.335 e. The van der Waals surface area contributed by atoms with Crippen molar-refractivity contribution < 1.29 is 19.4 Å². The Morgan fingerprint density at radius 1 is 1.27 bits per heavy atom. The third-order valence-corrected chi connectivity index (χ3v) is 4.53. The van der Waals surface area contributed by atoms with Gasteiger partial charge in [0, 0.05) is 19.6 Å². The van der Waals surface area contributed by atoms with Crippen molar-refractivity contribution >= 4 is 17.8 Å². The number of ether oxygens (including phenoxy) is 1. The molecular formula is C18H18N4O4. The summed E-state index contributed by atoms with van der Waals surface area (Å²) in [6.45, 7) is 2.93. The number of aromatic nitrogens is 1. The van der Waals surface area contributed by atoms with E-state index in [2.05, 4.69) is 10.3 Å². The number of hydrogen-bond donors (Lipinski definition) is 2. The van der Waals surface area contributed by atoms with E-state index in [-0.39, 0.29) is 17.6 Å². The number of benzene rings is 1. The number of piperazine rings is 1. The van der Waals surface area contributed by atoms with Gasteiger partial charge in [-0.2, -0.15) is 0 Å². The van der Waals surface area contributed by atoms with Gasteiger partial charge in [0.2, 0.25) is 0 Å². The average Bonchev–Trinajstić information content (AvgIpc) is 3.00. The Morgan fingerprint density at radius 3 is 2.88 bits per heavy atom. The molecule has 2 saturated heterocycles. The van der Waals surface area contributed by atoms with Gasteiger partial charge in [-0.05, 0) is 30.3 Å². The molecule has 8 nitrogen and oxygen atoms in total. The summed E-state index contributed by atoms with van der Waals surface area (Å²) in [6, 6.07) is 9.85. The van der Waals surface area contributed by atoms with Crippen LogP contribution in [0.15, 0.2) is 42.6 Å². The summed E-state index contributed by atoms with van der Waals surface area (Å²) in [5.41, 5.74) is 0.153. The lowest BCUT2D eigenvalue weighted by atomic mass is 10.2. The van der Waals surface area contributed by atoms with E-state index in [1.54, 1.807) is 29.2 Å². The predicted molar refractivity (Wildman–Crippen MR) is 93.8 cm³/mol. The van der Waals surface area contributed by atoms with E-state index < -0.39 is 5.97 Å². The third-order valence-electron chi connectivity index (χ3n) is 4.53. The van der Waals surface area contributed by atoms with E-state index in [1.165, 1.54) is 18.3 Å². The Bertz CT molecular complexity index is 839. The van der Waals surface area contributed by atoms with Crippen molar-refractivity contribution in [2.45, 2.75) is 6.04 Å². The number of fused-ring (bicyclic) bond motifs is 1. The molecule has 0 aliphatic carbocycles. The quantitative estimate of drug-likeness (QED) is 0.869. The van der Waals surface area contributed by atoms with Crippen molar-refractivity contribution in [2.75, 3.05) is 31.1 Å². The fourth-order valence-corrected chi connectivity index (χ4v) is 3.23. The number of aromatic carboxylic acids is 1. The van der Waals surface area contributed by atoms with Gasteiger partial charge in [0.15, 0.2) is 0 Å². The van der Waals surface area contributed by atoms with Gasteiger partial charge >= 0.3 is 12.0 Å². The average molecular weight is 354 g/mol. The summed E-state index contributed by atoms with van der Waals surface area (Å²) in [4.78, 5) is 31.4. The van der Waals surface area contributed by atoms with Crippen molar-refractivity contribution in [1.82, 2.24) is 15.2 Å². The minimum Gasteiger partial charge on any atom is -0.478 e. The Balaban J connectivity index is 1.48. The molecule has 2 aromatic rings. The van der Waals surface area contributed by atoms with Crippen LogP contribution in [0.1, 0.15) is 10.4 Å². The lowest BCUT2D eigenvalue weighted by Gasteiger charge is -2.28. The number of nitrogens with zero attached hydrogens (tertiary/aromatic N) is 3. The molecule has 8 heteroatoms. The maximum atomic E-state index is 12.5. The van der Waals surface area contributed by atoms with Gasteiger partial charge in [-0.25, -0.2) is 14.6 Å². The van der Waals surface area contributed by atoms with Gasteiger partial charge in [-0.3, -0.25) is 4.90 Å². The number of amides is 2.